The Morgan fingerprint density at radius 3 is 2.66 bits per heavy atom. The fraction of sp³-hybridized carbons (Fsp3) is 0.870. The summed E-state index contributed by atoms with van der Waals surface area (Å²) in [5.74, 6) is 2.93. The standard InChI is InChI=1S/C23H43N5O3S/c1-3-16(9-17(11-24)8-15(2)12-27-23(25)31)13-26-21(29)7-5-4-6-20-18-10-22(30)28-19(18)14-32-20/h15-20H,3-14,24H2,1-2H3,(H,26,29)(H,28,30)(H3,25,27,31). The van der Waals surface area contributed by atoms with E-state index in [1.54, 1.807) is 0 Å². The zero-order valence-electron chi connectivity index (χ0n) is 19.7. The Morgan fingerprint density at radius 1 is 1.19 bits per heavy atom. The van der Waals surface area contributed by atoms with Crippen molar-refractivity contribution < 1.29 is 14.4 Å². The van der Waals surface area contributed by atoms with Gasteiger partial charge in [-0.2, -0.15) is 11.8 Å². The van der Waals surface area contributed by atoms with Crippen LogP contribution in [0.2, 0.25) is 0 Å². The summed E-state index contributed by atoms with van der Waals surface area (Å²) in [5, 5.41) is 9.40. The van der Waals surface area contributed by atoms with Gasteiger partial charge in [-0.05, 0) is 50.0 Å². The van der Waals surface area contributed by atoms with Crippen LogP contribution in [-0.4, -0.2) is 54.5 Å². The fourth-order valence-electron chi connectivity index (χ4n) is 4.99. The molecule has 2 heterocycles. The van der Waals surface area contributed by atoms with Crippen molar-refractivity contribution in [1.29, 1.82) is 0 Å². The molecule has 6 unspecified atom stereocenters. The monoisotopic (exact) mass is 469 g/mol. The van der Waals surface area contributed by atoms with Crippen LogP contribution < -0.4 is 27.4 Å². The summed E-state index contributed by atoms with van der Waals surface area (Å²) in [7, 11) is 0. The second kappa shape index (κ2) is 13.9. The smallest absolute Gasteiger partial charge is 0.312 e. The zero-order valence-corrected chi connectivity index (χ0v) is 20.6. The van der Waals surface area contributed by atoms with Crippen LogP contribution in [0.25, 0.3) is 0 Å². The predicted molar refractivity (Wildman–Crippen MR) is 130 cm³/mol. The summed E-state index contributed by atoms with van der Waals surface area (Å²) < 4.78 is 0. The van der Waals surface area contributed by atoms with E-state index in [1.165, 1.54) is 0 Å². The van der Waals surface area contributed by atoms with Crippen LogP contribution in [0.4, 0.5) is 4.79 Å². The lowest BCUT2D eigenvalue weighted by molar-refractivity contribution is -0.121. The maximum Gasteiger partial charge on any atom is 0.312 e. The zero-order chi connectivity index (χ0) is 23.5. The molecule has 4 amide bonds. The van der Waals surface area contributed by atoms with Crippen LogP contribution in [-0.2, 0) is 9.59 Å². The third kappa shape index (κ3) is 9.17. The Balaban J connectivity index is 1.59. The van der Waals surface area contributed by atoms with E-state index < -0.39 is 6.03 Å². The van der Waals surface area contributed by atoms with Gasteiger partial charge in [0.15, 0.2) is 0 Å². The van der Waals surface area contributed by atoms with Gasteiger partial charge in [0.25, 0.3) is 0 Å². The summed E-state index contributed by atoms with van der Waals surface area (Å²) in [6.45, 7) is 6.10. The molecule has 6 atom stereocenters. The Bertz CT molecular complexity index is 620. The molecule has 184 valence electrons. The maximum atomic E-state index is 12.3. The third-order valence-electron chi connectivity index (χ3n) is 6.92. The molecule has 2 fully saturated rings. The molecule has 2 rings (SSSR count). The quantitative estimate of drug-likeness (QED) is 0.233. The van der Waals surface area contributed by atoms with Gasteiger partial charge in [0, 0.05) is 48.9 Å². The first-order chi connectivity index (χ1) is 15.3. The van der Waals surface area contributed by atoms with Crippen LogP contribution in [0.15, 0.2) is 0 Å². The van der Waals surface area contributed by atoms with E-state index in [1.807, 2.05) is 11.8 Å². The molecule has 9 heteroatoms. The van der Waals surface area contributed by atoms with Crippen molar-refractivity contribution in [2.24, 2.45) is 35.1 Å². The Kier molecular flexibility index (Phi) is 11.7. The van der Waals surface area contributed by atoms with Crippen LogP contribution in [0.3, 0.4) is 0 Å². The van der Waals surface area contributed by atoms with E-state index in [0.29, 0.717) is 67.4 Å². The first-order valence-corrected chi connectivity index (χ1v) is 13.3. The molecule has 2 saturated heterocycles. The Hall–Kier alpha value is -1.48. The lowest BCUT2D eigenvalue weighted by Gasteiger charge is -2.24. The van der Waals surface area contributed by atoms with E-state index >= 15 is 0 Å². The van der Waals surface area contributed by atoms with Crippen LogP contribution in [0.1, 0.15) is 65.2 Å². The largest absolute Gasteiger partial charge is 0.356 e. The molecule has 0 saturated carbocycles. The van der Waals surface area contributed by atoms with Crippen molar-refractivity contribution in [3.05, 3.63) is 0 Å². The van der Waals surface area contributed by atoms with Gasteiger partial charge in [0.1, 0.15) is 0 Å². The molecule has 0 bridgehead atoms. The van der Waals surface area contributed by atoms with E-state index in [9.17, 15) is 14.4 Å². The number of urea groups is 1. The molecule has 0 spiro atoms. The van der Waals surface area contributed by atoms with Crippen molar-refractivity contribution in [2.75, 3.05) is 25.4 Å². The Labute approximate surface area is 197 Å². The highest BCUT2D eigenvalue weighted by Crippen LogP contribution is 2.40. The average molecular weight is 470 g/mol. The fourth-order valence-corrected chi connectivity index (χ4v) is 6.64. The minimum Gasteiger partial charge on any atom is -0.356 e. The van der Waals surface area contributed by atoms with Crippen LogP contribution >= 0.6 is 11.8 Å². The number of carbonyl (C=O) groups is 3. The summed E-state index contributed by atoms with van der Waals surface area (Å²) >= 11 is 1.98. The number of nitrogens with one attached hydrogen (secondary N) is 3. The number of unbranched alkanes of at least 4 members (excludes halogenated alkanes) is 1. The topological polar surface area (TPSA) is 139 Å². The number of hydrogen-bond acceptors (Lipinski definition) is 5. The minimum absolute atomic E-state index is 0.126. The van der Waals surface area contributed by atoms with E-state index in [0.717, 1.165) is 44.3 Å². The molecule has 0 aromatic heterocycles. The number of nitrogens with two attached hydrogens (primary N) is 2. The van der Waals surface area contributed by atoms with Gasteiger partial charge in [-0.25, -0.2) is 4.79 Å². The third-order valence-corrected chi connectivity index (χ3v) is 8.48. The van der Waals surface area contributed by atoms with Crippen molar-refractivity contribution in [2.45, 2.75) is 76.5 Å². The predicted octanol–water partition coefficient (Wildman–Crippen LogP) is 1.97. The molecule has 2 aliphatic rings. The highest BCUT2D eigenvalue weighted by atomic mass is 32.2. The van der Waals surface area contributed by atoms with Gasteiger partial charge in [0.05, 0.1) is 0 Å². The number of fused-ring (bicyclic) bond motifs is 1. The molecule has 2 aliphatic heterocycles. The first-order valence-electron chi connectivity index (χ1n) is 12.2. The van der Waals surface area contributed by atoms with Gasteiger partial charge < -0.3 is 27.4 Å². The van der Waals surface area contributed by atoms with Crippen molar-refractivity contribution >= 4 is 29.6 Å². The summed E-state index contributed by atoms with van der Waals surface area (Å²) in [5.41, 5.74) is 11.1. The first kappa shape index (κ1) is 26.8. The van der Waals surface area contributed by atoms with E-state index in [2.05, 4.69) is 29.8 Å². The molecule has 0 aromatic rings. The van der Waals surface area contributed by atoms with Crippen molar-refractivity contribution in [3.63, 3.8) is 0 Å². The van der Waals surface area contributed by atoms with Crippen LogP contribution in [0, 0.1) is 23.7 Å². The molecule has 8 nitrogen and oxygen atoms in total. The highest BCUT2D eigenvalue weighted by molar-refractivity contribution is 8.00. The van der Waals surface area contributed by atoms with Gasteiger partial charge in [0.2, 0.25) is 11.8 Å². The molecule has 0 radical (unpaired) electrons. The molecular weight excluding hydrogens is 426 g/mol. The van der Waals surface area contributed by atoms with Gasteiger partial charge in [-0.3, -0.25) is 9.59 Å². The van der Waals surface area contributed by atoms with E-state index in [-0.39, 0.29) is 11.8 Å². The maximum absolute atomic E-state index is 12.3. The van der Waals surface area contributed by atoms with Gasteiger partial charge in [-0.1, -0.05) is 26.7 Å². The van der Waals surface area contributed by atoms with Crippen molar-refractivity contribution in [3.8, 4) is 0 Å². The average Bonchev–Trinajstić information content (AvgIpc) is 3.31. The number of primary amides is 1. The summed E-state index contributed by atoms with van der Waals surface area (Å²) in [6.07, 6.45) is 7.17. The second-order valence-electron chi connectivity index (χ2n) is 9.66. The number of thioether (sulfide) groups is 1. The molecule has 0 aromatic carbocycles. The van der Waals surface area contributed by atoms with Crippen LogP contribution in [0.5, 0.6) is 0 Å². The number of amides is 4. The lowest BCUT2D eigenvalue weighted by atomic mass is 9.86. The number of carbonyl (C=O) groups excluding carboxylic acids is 3. The number of hydrogen-bond donors (Lipinski definition) is 5. The lowest BCUT2D eigenvalue weighted by Crippen LogP contribution is -2.35. The normalized spacial score (nSPS) is 25.0. The molecule has 32 heavy (non-hydrogen) atoms. The van der Waals surface area contributed by atoms with E-state index in [4.69, 9.17) is 11.5 Å². The molecular formula is C23H43N5O3S. The Morgan fingerprint density at radius 2 is 1.97 bits per heavy atom. The van der Waals surface area contributed by atoms with Crippen molar-refractivity contribution in [1.82, 2.24) is 16.0 Å². The molecule has 0 aliphatic carbocycles. The highest BCUT2D eigenvalue weighted by Gasteiger charge is 2.42. The van der Waals surface area contributed by atoms with Gasteiger partial charge >= 0.3 is 6.03 Å². The van der Waals surface area contributed by atoms with Gasteiger partial charge in [-0.15, -0.1) is 0 Å². The SMILES string of the molecule is CCC(CNC(=O)CCCCC1SCC2NC(=O)CC21)CC(CN)CC(C)CNC(N)=O. The summed E-state index contributed by atoms with van der Waals surface area (Å²) in [4.78, 5) is 34.8. The molecule has 7 N–H and O–H groups in total. The second-order valence-corrected chi connectivity index (χ2v) is 10.9. The summed E-state index contributed by atoms with van der Waals surface area (Å²) in [6, 6.07) is -0.126. The number of rotatable bonds is 15. The minimum atomic E-state index is -0.493.